The summed E-state index contributed by atoms with van der Waals surface area (Å²) in [6.45, 7) is 0. The van der Waals surface area contributed by atoms with E-state index < -0.39 is 0 Å². The largest absolute Gasteiger partial charge is 0.456 e. The molecule has 0 aliphatic carbocycles. The van der Waals surface area contributed by atoms with Crippen molar-refractivity contribution < 1.29 is 4.42 Å². The Balaban J connectivity index is 0.935. The number of fused-ring (bicyclic) bond motifs is 7. The van der Waals surface area contributed by atoms with Gasteiger partial charge in [0.25, 0.3) is 0 Å². The maximum Gasteiger partial charge on any atom is 0.136 e. The second-order valence-corrected chi connectivity index (χ2v) is 15.7. The zero-order valence-electron chi connectivity index (χ0n) is 33.2. The molecule has 0 fully saturated rings. The van der Waals surface area contributed by atoms with Gasteiger partial charge in [-0.05, 0) is 117 Å². The number of hydrogen-bond donors (Lipinski definition) is 0. The smallest absolute Gasteiger partial charge is 0.136 e. The summed E-state index contributed by atoms with van der Waals surface area (Å²) in [6.07, 6.45) is 0. The molecule has 0 N–H and O–H groups in total. The Morgan fingerprint density at radius 1 is 0.328 bits per heavy atom. The van der Waals surface area contributed by atoms with Crippen LogP contribution in [0.15, 0.2) is 235 Å². The predicted molar refractivity (Wildman–Crippen MR) is 257 cm³/mol. The van der Waals surface area contributed by atoms with Gasteiger partial charge in [0.15, 0.2) is 0 Å². The van der Waals surface area contributed by atoms with Crippen molar-refractivity contribution in [3.8, 4) is 39.1 Å². The topological polar surface area (TPSA) is 21.3 Å². The third kappa shape index (κ3) is 5.90. The SMILES string of the molecule is c1cc(-c2cccc3ccccc23)cc(N(c2ccc(-c3ccc(-n4c5ccccc5c5ccccc54)cc3)cc2)c2ccc(-c3cccc4oc5ccccc5c34)cc2)c1. The molecule has 0 atom stereocenters. The Hall–Kier alpha value is -8.14. The quantitative estimate of drug-likeness (QED) is 0.161. The summed E-state index contributed by atoms with van der Waals surface area (Å²) in [7, 11) is 0. The predicted octanol–water partition coefficient (Wildman–Crippen LogP) is 16.3. The van der Waals surface area contributed by atoms with Gasteiger partial charge in [-0.2, -0.15) is 0 Å². The Kier molecular flexibility index (Phi) is 8.17. The van der Waals surface area contributed by atoms with Crippen LogP contribution in [0.2, 0.25) is 0 Å². The molecular formula is C58H38N2O. The van der Waals surface area contributed by atoms with Gasteiger partial charge in [-0.1, -0.05) is 158 Å². The van der Waals surface area contributed by atoms with Crippen LogP contribution in [0.5, 0.6) is 0 Å². The van der Waals surface area contributed by atoms with Crippen LogP contribution in [-0.2, 0) is 0 Å². The van der Waals surface area contributed by atoms with Gasteiger partial charge >= 0.3 is 0 Å². The molecule has 0 radical (unpaired) electrons. The van der Waals surface area contributed by atoms with E-state index in [2.05, 4.69) is 228 Å². The summed E-state index contributed by atoms with van der Waals surface area (Å²) in [4.78, 5) is 2.36. The highest BCUT2D eigenvalue weighted by Crippen LogP contribution is 2.42. The van der Waals surface area contributed by atoms with E-state index in [0.29, 0.717) is 0 Å². The van der Waals surface area contributed by atoms with Crippen molar-refractivity contribution in [1.82, 2.24) is 4.57 Å². The minimum Gasteiger partial charge on any atom is -0.456 e. The third-order valence-electron chi connectivity index (χ3n) is 12.2. The first-order valence-corrected chi connectivity index (χ1v) is 20.8. The van der Waals surface area contributed by atoms with E-state index in [1.54, 1.807) is 0 Å². The molecule has 12 aromatic rings. The fourth-order valence-corrected chi connectivity index (χ4v) is 9.35. The fraction of sp³-hybridized carbons (Fsp3) is 0. The van der Waals surface area contributed by atoms with Crippen LogP contribution in [-0.4, -0.2) is 4.57 Å². The summed E-state index contributed by atoms with van der Waals surface area (Å²) in [5.41, 5.74) is 15.7. The summed E-state index contributed by atoms with van der Waals surface area (Å²) in [5.74, 6) is 0. The lowest BCUT2D eigenvalue weighted by Crippen LogP contribution is -2.10. The van der Waals surface area contributed by atoms with Gasteiger partial charge in [-0.25, -0.2) is 0 Å². The van der Waals surface area contributed by atoms with Gasteiger partial charge in [0.05, 0.1) is 11.0 Å². The van der Waals surface area contributed by atoms with E-state index in [-0.39, 0.29) is 0 Å². The number of benzene rings is 10. The van der Waals surface area contributed by atoms with E-state index in [9.17, 15) is 0 Å². The van der Waals surface area contributed by atoms with E-state index in [1.807, 2.05) is 12.1 Å². The molecule has 3 heteroatoms. The number of anilines is 3. The van der Waals surface area contributed by atoms with Crippen molar-refractivity contribution in [2.45, 2.75) is 0 Å². The Bertz CT molecular complexity index is 3520. The average Bonchev–Trinajstić information content (AvgIpc) is 3.88. The maximum atomic E-state index is 6.25. The van der Waals surface area contributed by atoms with Crippen LogP contribution in [0.1, 0.15) is 0 Å². The molecule has 0 spiro atoms. The Labute approximate surface area is 353 Å². The molecule has 2 aromatic heterocycles. The van der Waals surface area contributed by atoms with E-state index >= 15 is 0 Å². The summed E-state index contributed by atoms with van der Waals surface area (Å²) < 4.78 is 8.62. The zero-order valence-corrected chi connectivity index (χ0v) is 33.2. The third-order valence-corrected chi connectivity index (χ3v) is 12.2. The molecular weight excluding hydrogens is 741 g/mol. The van der Waals surface area contributed by atoms with Gasteiger partial charge in [-0.15, -0.1) is 0 Å². The molecule has 10 aromatic carbocycles. The lowest BCUT2D eigenvalue weighted by molar-refractivity contribution is 0.669. The molecule has 2 heterocycles. The Morgan fingerprint density at radius 3 is 1.57 bits per heavy atom. The number of para-hydroxylation sites is 3. The summed E-state index contributed by atoms with van der Waals surface area (Å²) in [6, 6.07) is 82.9. The van der Waals surface area contributed by atoms with Gasteiger partial charge in [0.2, 0.25) is 0 Å². The molecule has 3 nitrogen and oxygen atoms in total. The van der Waals surface area contributed by atoms with Crippen molar-refractivity contribution in [2.75, 3.05) is 4.90 Å². The maximum absolute atomic E-state index is 6.25. The van der Waals surface area contributed by atoms with Crippen molar-refractivity contribution in [1.29, 1.82) is 0 Å². The highest BCUT2D eigenvalue weighted by molar-refractivity contribution is 6.12. The summed E-state index contributed by atoms with van der Waals surface area (Å²) >= 11 is 0. The average molecular weight is 779 g/mol. The molecule has 286 valence electrons. The monoisotopic (exact) mass is 778 g/mol. The first-order valence-electron chi connectivity index (χ1n) is 20.8. The molecule has 0 saturated carbocycles. The van der Waals surface area contributed by atoms with Crippen LogP contribution in [0.3, 0.4) is 0 Å². The lowest BCUT2D eigenvalue weighted by Gasteiger charge is -2.26. The standard InChI is InChI=1S/C58H38N2O/c1-2-16-48-41(12-1)13-10-20-49(48)43-14-9-15-47(38-43)59(45-36-30-42(31-37-45)50-21-11-25-57-58(50)53-19-5-8-24-56(53)61-57)44-32-26-39(27-33-44)40-28-34-46(35-29-40)60-54-22-6-3-17-51(54)52-18-4-7-23-55(52)60/h1-38H. The van der Waals surface area contributed by atoms with Crippen LogP contribution >= 0.6 is 0 Å². The fourth-order valence-electron chi connectivity index (χ4n) is 9.35. The van der Waals surface area contributed by atoms with Crippen molar-refractivity contribution in [2.24, 2.45) is 0 Å². The highest BCUT2D eigenvalue weighted by atomic mass is 16.3. The van der Waals surface area contributed by atoms with E-state index in [4.69, 9.17) is 4.42 Å². The molecule has 12 rings (SSSR count). The molecule has 0 unspecified atom stereocenters. The van der Waals surface area contributed by atoms with Gasteiger partial charge < -0.3 is 13.9 Å². The van der Waals surface area contributed by atoms with Crippen LogP contribution in [0.4, 0.5) is 17.1 Å². The number of rotatable bonds is 7. The molecule has 61 heavy (non-hydrogen) atoms. The van der Waals surface area contributed by atoms with Crippen LogP contribution < -0.4 is 4.90 Å². The molecule has 0 bridgehead atoms. The molecule has 0 amide bonds. The minimum absolute atomic E-state index is 0.899. The van der Waals surface area contributed by atoms with Gasteiger partial charge in [0.1, 0.15) is 11.2 Å². The van der Waals surface area contributed by atoms with E-state index in [1.165, 1.54) is 49.3 Å². The second kappa shape index (κ2) is 14.3. The molecule has 0 aliphatic heterocycles. The van der Waals surface area contributed by atoms with Crippen LogP contribution in [0, 0.1) is 0 Å². The molecule has 0 aliphatic rings. The number of hydrogen-bond acceptors (Lipinski definition) is 2. The summed E-state index contributed by atoms with van der Waals surface area (Å²) in [5, 5.41) is 7.28. The van der Waals surface area contributed by atoms with Crippen molar-refractivity contribution in [3.05, 3.63) is 231 Å². The first-order chi connectivity index (χ1) is 30.2. The first kappa shape index (κ1) is 34.9. The van der Waals surface area contributed by atoms with Crippen molar-refractivity contribution >= 4 is 71.6 Å². The minimum atomic E-state index is 0.899. The normalized spacial score (nSPS) is 11.6. The van der Waals surface area contributed by atoms with Crippen molar-refractivity contribution in [3.63, 3.8) is 0 Å². The van der Waals surface area contributed by atoms with E-state index in [0.717, 1.165) is 61.4 Å². The lowest BCUT2D eigenvalue weighted by atomic mass is 9.97. The highest BCUT2D eigenvalue weighted by Gasteiger charge is 2.17. The zero-order chi connectivity index (χ0) is 40.3. The number of aromatic nitrogens is 1. The van der Waals surface area contributed by atoms with Gasteiger partial charge in [0, 0.05) is 44.3 Å². The number of nitrogens with zero attached hydrogens (tertiary/aromatic N) is 2. The van der Waals surface area contributed by atoms with Crippen LogP contribution in [0.25, 0.3) is 93.6 Å². The Morgan fingerprint density at radius 2 is 0.852 bits per heavy atom. The van der Waals surface area contributed by atoms with Gasteiger partial charge in [-0.3, -0.25) is 0 Å². The number of furan rings is 1. The second-order valence-electron chi connectivity index (χ2n) is 15.7. The molecule has 0 saturated heterocycles.